The summed E-state index contributed by atoms with van der Waals surface area (Å²) >= 11 is 0. The van der Waals surface area contributed by atoms with Crippen LogP contribution in [0.3, 0.4) is 0 Å². The second-order valence-corrected chi connectivity index (χ2v) is 8.87. The van der Waals surface area contributed by atoms with E-state index < -0.39 is 0 Å². The summed E-state index contributed by atoms with van der Waals surface area (Å²) in [4.78, 5) is 15.5. The average Bonchev–Trinajstić information content (AvgIpc) is 2.72. The molecule has 0 aliphatic rings. The first-order valence-corrected chi connectivity index (χ1v) is 10.9. The fourth-order valence-electron chi connectivity index (χ4n) is 3.70. The Morgan fingerprint density at radius 2 is 1.59 bits per heavy atom. The van der Waals surface area contributed by atoms with Crippen LogP contribution in [0.15, 0.2) is 59.8 Å². The fourth-order valence-corrected chi connectivity index (χ4v) is 3.70. The molecular weight excluding hydrogens is 354 g/mol. The highest BCUT2D eigenvalue weighted by Crippen LogP contribution is 2.29. The summed E-state index contributed by atoms with van der Waals surface area (Å²) in [7, 11) is 2.10. The van der Waals surface area contributed by atoms with E-state index in [0.29, 0.717) is 0 Å². The number of benzene rings is 2. The molecule has 0 bridgehead atoms. The van der Waals surface area contributed by atoms with Gasteiger partial charge in [-0.3, -0.25) is 4.79 Å². The fraction of sp³-hybridized carbons (Fsp3) is 0.444. The number of rotatable bonds is 8. The second-order valence-electron chi connectivity index (χ2n) is 8.87. The van der Waals surface area contributed by atoms with Crippen LogP contribution in [0.25, 0.3) is 0 Å². The summed E-state index contributed by atoms with van der Waals surface area (Å²) < 4.78 is 0. The zero-order valence-corrected chi connectivity index (χ0v) is 19.3. The van der Waals surface area contributed by atoms with Gasteiger partial charge >= 0.3 is 0 Å². The topological polar surface area (TPSA) is 20.3 Å². The first kappa shape index (κ1) is 22.9. The molecule has 2 rings (SSSR count). The van der Waals surface area contributed by atoms with Crippen molar-refractivity contribution in [1.82, 2.24) is 0 Å². The molecule has 0 saturated heterocycles. The largest absolute Gasteiger partial charge is 0.348 e. The molecule has 0 spiro atoms. The summed E-state index contributed by atoms with van der Waals surface area (Å²) in [5.74, 6) is 0.123. The zero-order chi connectivity index (χ0) is 21.6. The normalized spacial score (nSPS) is 12.5. The number of para-hydroxylation sites is 1. The van der Waals surface area contributed by atoms with Crippen molar-refractivity contribution in [2.24, 2.45) is 0 Å². The van der Waals surface area contributed by atoms with Gasteiger partial charge in [0, 0.05) is 29.6 Å². The molecule has 0 heterocycles. The molecule has 29 heavy (non-hydrogen) atoms. The highest BCUT2D eigenvalue weighted by molar-refractivity contribution is 6.09. The lowest BCUT2D eigenvalue weighted by molar-refractivity contribution is 0.103. The van der Waals surface area contributed by atoms with Gasteiger partial charge in [0.25, 0.3) is 0 Å². The molecule has 0 unspecified atom stereocenters. The Bertz CT molecular complexity index is 853. The summed E-state index contributed by atoms with van der Waals surface area (Å²) in [6, 6.07) is 16.6. The van der Waals surface area contributed by atoms with Crippen molar-refractivity contribution in [3.63, 3.8) is 0 Å². The molecule has 2 nitrogen and oxygen atoms in total. The lowest BCUT2D eigenvalue weighted by Crippen LogP contribution is -2.22. The molecule has 156 valence electrons. The van der Waals surface area contributed by atoms with E-state index >= 15 is 0 Å². The maximum atomic E-state index is 13.3. The Kier molecular flexibility index (Phi) is 7.84. The molecule has 0 aromatic heterocycles. The minimum absolute atomic E-state index is 0.0861. The lowest BCUT2D eigenvalue weighted by atomic mass is 9.86. The van der Waals surface area contributed by atoms with Crippen LogP contribution in [-0.2, 0) is 11.8 Å². The van der Waals surface area contributed by atoms with Crippen molar-refractivity contribution in [1.29, 1.82) is 0 Å². The van der Waals surface area contributed by atoms with Gasteiger partial charge < -0.3 is 4.90 Å². The van der Waals surface area contributed by atoms with Crippen molar-refractivity contribution in [3.8, 4) is 0 Å². The molecule has 0 N–H and O–H groups in total. The van der Waals surface area contributed by atoms with E-state index in [1.165, 1.54) is 16.8 Å². The number of carbonyl (C=O) groups excluding carboxylic acids is 1. The Morgan fingerprint density at radius 1 is 0.966 bits per heavy atom. The molecule has 2 aromatic carbocycles. The van der Waals surface area contributed by atoms with E-state index in [4.69, 9.17) is 0 Å². The summed E-state index contributed by atoms with van der Waals surface area (Å²) in [5.41, 5.74) is 6.56. The third kappa shape index (κ3) is 5.59. The van der Waals surface area contributed by atoms with Gasteiger partial charge in [0.05, 0.1) is 0 Å². The van der Waals surface area contributed by atoms with Crippen LogP contribution >= 0.6 is 0 Å². The molecule has 0 amide bonds. The number of hydrogen-bond acceptors (Lipinski definition) is 2. The number of Topliss-reactive ketones (excluding diaryl/α,β-unsaturated/α-hetero) is 1. The van der Waals surface area contributed by atoms with Gasteiger partial charge in [0.15, 0.2) is 5.78 Å². The predicted octanol–water partition coefficient (Wildman–Crippen LogP) is 7.33. The Labute approximate surface area is 177 Å². The Morgan fingerprint density at radius 3 is 2.14 bits per heavy atom. The summed E-state index contributed by atoms with van der Waals surface area (Å²) in [6.45, 7) is 12.9. The number of ketones is 1. The van der Waals surface area contributed by atoms with Crippen LogP contribution in [0.1, 0.15) is 82.3 Å². The van der Waals surface area contributed by atoms with Crippen molar-refractivity contribution in [3.05, 3.63) is 76.5 Å². The van der Waals surface area contributed by atoms with E-state index in [9.17, 15) is 4.79 Å². The molecule has 0 radical (unpaired) electrons. The van der Waals surface area contributed by atoms with Gasteiger partial charge in [0.2, 0.25) is 0 Å². The summed E-state index contributed by atoms with van der Waals surface area (Å²) in [6.07, 6.45) is 4.06. The SMILES string of the molecule is CCCCC(=C(C)C(=O)c1ccc(C(C)(C)C)cc1)N(C)c1ccccc1CC. The highest BCUT2D eigenvalue weighted by Gasteiger charge is 2.19. The lowest BCUT2D eigenvalue weighted by Gasteiger charge is -2.27. The molecule has 0 aliphatic heterocycles. The van der Waals surface area contributed by atoms with Crippen molar-refractivity contribution in [2.45, 2.75) is 72.6 Å². The molecule has 0 saturated carbocycles. The monoisotopic (exact) mass is 391 g/mol. The number of hydrogen-bond donors (Lipinski definition) is 0. The van der Waals surface area contributed by atoms with Gasteiger partial charge in [-0.15, -0.1) is 0 Å². The van der Waals surface area contributed by atoms with E-state index in [1.807, 2.05) is 19.1 Å². The molecule has 0 aliphatic carbocycles. The second kappa shape index (κ2) is 9.91. The maximum absolute atomic E-state index is 13.3. The first-order valence-electron chi connectivity index (χ1n) is 10.9. The van der Waals surface area contributed by atoms with Gasteiger partial charge in [-0.2, -0.15) is 0 Å². The van der Waals surface area contributed by atoms with E-state index in [-0.39, 0.29) is 11.2 Å². The zero-order valence-electron chi connectivity index (χ0n) is 19.3. The van der Waals surface area contributed by atoms with Gasteiger partial charge in [-0.25, -0.2) is 0 Å². The first-order chi connectivity index (χ1) is 13.7. The third-order valence-electron chi connectivity index (χ3n) is 5.69. The summed E-state index contributed by atoms with van der Waals surface area (Å²) in [5, 5.41) is 0. The van der Waals surface area contributed by atoms with Crippen molar-refractivity contribution in [2.75, 3.05) is 11.9 Å². The average molecular weight is 392 g/mol. The Balaban J connectivity index is 2.44. The van der Waals surface area contributed by atoms with Gasteiger partial charge in [0.1, 0.15) is 0 Å². The van der Waals surface area contributed by atoms with Crippen LogP contribution in [-0.4, -0.2) is 12.8 Å². The van der Waals surface area contributed by atoms with Crippen LogP contribution < -0.4 is 4.90 Å². The minimum Gasteiger partial charge on any atom is -0.348 e. The number of allylic oxidation sites excluding steroid dienone is 2. The number of aryl methyl sites for hydroxylation is 1. The molecule has 0 atom stereocenters. The number of carbonyl (C=O) groups is 1. The quantitative estimate of drug-likeness (QED) is 0.347. The van der Waals surface area contributed by atoms with E-state index in [2.05, 4.69) is 83.0 Å². The maximum Gasteiger partial charge on any atom is 0.190 e. The van der Waals surface area contributed by atoms with Crippen molar-refractivity contribution < 1.29 is 4.79 Å². The smallest absolute Gasteiger partial charge is 0.190 e. The number of unbranched alkanes of at least 4 members (excludes halogenated alkanes) is 1. The van der Waals surface area contributed by atoms with E-state index in [0.717, 1.165) is 42.5 Å². The van der Waals surface area contributed by atoms with Crippen LogP contribution in [0, 0.1) is 0 Å². The number of anilines is 1. The van der Waals surface area contributed by atoms with Gasteiger partial charge in [-0.1, -0.05) is 83.5 Å². The van der Waals surface area contributed by atoms with Crippen LogP contribution in [0.2, 0.25) is 0 Å². The highest BCUT2D eigenvalue weighted by atomic mass is 16.1. The molecule has 2 heteroatoms. The van der Waals surface area contributed by atoms with Gasteiger partial charge in [-0.05, 0) is 48.8 Å². The molecular formula is C27H37NO. The third-order valence-corrected chi connectivity index (χ3v) is 5.69. The Hall–Kier alpha value is -2.35. The number of nitrogens with zero attached hydrogens (tertiary/aromatic N) is 1. The van der Waals surface area contributed by atoms with Crippen LogP contribution in [0.5, 0.6) is 0 Å². The standard InChI is InChI=1S/C27H37NO/c1-8-10-14-24(28(7)25-15-12-11-13-21(25)9-2)20(3)26(29)22-16-18-23(19-17-22)27(4,5)6/h11-13,15-19H,8-10,14H2,1-7H3. The molecule has 0 fully saturated rings. The van der Waals surface area contributed by atoms with E-state index in [1.54, 1.807) is 0 Å². The minimum atomic E-state index is 0.0861. The molecule has 2 aromatic rings. The van der Waals surface area contributed by atoms with Crippen molar-refractivity contribution >= 4 is 11.5 Å². The van der Waals surface area contributed by atoms with Crippen LogP contribution in [0.4, 0.5) is 5.69 Å². The predicted molar refractivity (Wildman–Crippen MR) is 126 cm³/mol.